The second kappa shape index (κ2) is 8.99. The van der Waals surface area contributed by atoms with Crippen LogP contribution in [-0.4, -0.2) is 42.9 Å². The molecule has 1 spiro atoms. The fourth-order valence-electron chi connectivity index (χ4n) is 5.60. The third kappa shape index (κ3) is 4.31. The van der Waals surface area contributed by atoms with Crippen molar-refractivity contribution in [3.63, 3.8) is 0 Å². The number of hydrogen-bond donors (Lipinski definition) is 1. The smallest absolute Gasteiger partial charge is 0.221 e. The number of halogens is 1. The van der Waals surface area contributed by atoms with Gasteiger partial charge in [-0.1, -0.05) is 42.5 Å². The van der Waals surface area contributed by atoms with Gasteiger partial charge >= 0.3 is 0 Å². The predicted octanol–water partition coefficient (Wildman–Crippen LogP) is 4.39. The van der Waals surface area contributed by atoms with Crippen LogP contribution < -0.4 is 0 Å². The average Bonchev–Trinajstić information content (AvgIpc) is 3.28. The van der Waals surface area contributed by atoms with E-state index in [4.69, 9.17) is 9.47 Å². The molecule has 2 atom stereocenters. The zero-order chi connectivity index (χ0) is 24.0. The maximum Gasteiger partial charge on any atom is 0.221 e. The van der Waals surface area contributed by atoms with E-state index in [1.54, 1.807) is 12.1 Å². The lowest BCUT2D eigenvalue weighted by Gasteiger charge is -2.41. The molecule has 2 aromatic carbocycles. The van der Waals surface area contributed by atoms with Crippen LogP contribution in [0.3, 0.4) is 0 Å². The summed E-state index contributed by atoms with van der Waals surface area (Å²) in [6, 6.07) is 13.7. The van der Waals surface area contributed by atoms with Gasteiger partial charge in [0.15, 0.2) is 5.79 Å². The molecule has 184 valence electrons. The van der Waals surface area contributed by atoms with E-state index in [1.807, 2.05) is 37.3 Å². The first-order chi connectivity index (χ1) is 16.2. The van der Waals surface area contributed by atoms with Gasteiger partial charge in [-0.2, -0.15) is 4.31 Å². The Bertz CT molecular complexity index is 1120. The summed E-state index contributed by atoms with van der Waals surface area (Å²) in [5, 5.41) is 10.6. The lowest BCUT2D eigenvalue weighted by atomic mass is 9.77. The van der Waals surface area contributed by atoms with E-state index >= 15 is 4.39 Å². The highest BCUT2D eigenvalue weighted by atomic mass is 32.2. The molecule has 1 saturated carbocycles. The Morgan fingerprint density at radius 1 is 1.03 bits per heavy atom. The van der Waals surface area contributed by atoms with Crippen LogP contribution in [-0.2, 0) is 31.6 Å². The lowest BCUT2D eigenvalue weighted by molar-refractivity contribution is -0.204. The molecule has 2 aromatic rings. The Morgan fingerprint density at radius 3 is 2.35 bits per heavy atom. The fourth-order valence-corrected chi connectivity index (χ4v) is 7.79. The van der Waals surface area contributed by atoms with E-state index in [0.717, 1.165) is 5.56 Å². The SMILES string of the molecule is C[C@H]1CCC(c2ccccc2)S(=O)(=O)N1Cc1ccc(C2(O)CCC3(CC2)OCCO3)cc1F. The van der Waals surface area contributed by atoms with Crippen molar-refractivity contribution in [2.24, 2.45) is 0 Å². The van der Waals surface area contributed by atoms with Crippen molar-refractivity contribution in [2.75, 3.05) is 13.2 Å². The molecule has 2 heterocycles. The molecule has 1 aliphatic carbocycles. The molecule has 3 aliphatic rings. The van der Waals surface area contributed by atoms with Crippen LogP contribution in [0.4, 0.5) is 4.39 Å². The normalized spacial score (nSPS) is 28.2. The molecule has 2 saturated heterocycles. The molecule has 1 N–H and O–H groups in total. The minimum Gasteiger partial charge on any atom is -0.385 e. The third-order valence-electron chi connectivity index (χ3n) is 7.77. The van der Waals surface area contributed by atoms with Crippen molar-refractivity contribution in [3.8, 4) is 0 Å². The van der Waals surface area contributed by atoms with Crippen LogP contribution in [0.15, 0.2) is 48.5 Å². The maximum absolute atomic E-state index is 15.2. The van der Waals surface area contributed by atoms with Crippen molar-refractivity contribution in [3.05, 3.63) is 71.0 Å². The Morgan fingerprint density at radius 2 is 1.71 bits per heavy atom. The first-order valence-electron chi connectivity index (χ1n) is 12.1. The summed E-state index contributed by atoms with van der Waals surface area (Å²) in [6.07, 6.45) is 3.20. The number of rotatable bonds is 4. The summed E-state index contributed by atoms with van der Waals surface area (Å²) in [5.74, 6) is -1.11. The first-order valence-corrected chi connectivity index (χ1v) is 13.6. The van der Waals surface area contributed by atoms with Crippen LogP contribution >= 0.6 is 0 Å². The van der Waals surface area contributed by atoms with Crippen molar-refractivity contribution in [1.82, 2.24) is 4.31 Å². The van der Waals surface area contributed by atoms with Gasteiger partial charge in [-0.25, -0.2) is 12.8 Å². The van der Waals surface area contributed by atoms with Crippen molar-refractivity contribution < 1.29 is 27.4 Å². The molecule has 0 amide bonds. The molecule has 3 fully saturated rings. The Balaban J connectivity index is 1.34. The fraction of sp³-hybridized carbons (Fsp3) is 0.538. The van der Waals surface area contributed by atoms with E-state index in [-0.39, 0.29) is 12.6 Å². The molecule has 0 aromatic heterocycles. The molecule has 8 heteroatoms. The topological polar surface area (TPSA) is 76.1 Å². The predicted molar refractivity (Wildman–Crippen MR) is 126 cm³/mol. The number of sulfonamides is 1. The minimum atomic E-state index is -3.65. The first kappa shape index (κ1) is 23.9. The molecule has 34 heavy (non-hydrogen) atoms. The molecule has 2 aliphatic heterocycles. The van der Waals surface area contributed by atoms with Crippen molar-refractivity contribution in [2.45, 2.75) is 74.7 Å². The van der Waals surface area contributed by atoms with Gasteiger partial charge in [0.2, 0.25) is 10.0 Å². The largest absolute Gasteiger partial charge is 0.385 e. The van der Waals surface area contributed by atoms with Crippen LogP contribution in [0.2, 0.25) is 0 Å². The highest BCUT2D eigenvalue weighted by Gasteiger charge is 2.46. The molecular formula is C26H32FNO5S. The van der Waals surface area contributed by atoms with Crippen LogP contribution in [0.1, 0.15) is 67.4 Å². The maximum atomic E-state index is 15.2. The summed E-state index contributed by atoms with van der Waals surface area (Å²) in [5.41, 5.74) is 0.440. The van der Waals surface area contributed by atoms with Gasteiger partial charge in [0.05, 0.1) is 18.8 Å². The van der Waals surface area contributed by atoms with E-state index in [0.29, 0.717) is 62.9 Å². The lowest BCUT2D eigenvalue weighted by Crippen LogP contribution is -2.45. The quantitative estimate of drug-likeness (QED) is 0.690. The van der Waals surface area contributed by atoms with E-state index in [2.05, 4.69) is 0 Å². The van der Waals surface area contributed by atoms with Gasteiger partial charge in [-0.05, 0) is 49.8 Å². The van der Waals surface area contributed by atoms with Crippen LogP contribution in [0.5, 0.6) is 0 Å². The summed E-state index contributed by atoms with van der Waals surface area (Å²) >= 11 is 0. The molecule has 6 nitrogen and oxygen atoms in total. The van der Waals surface area contributed by atoms with Crippen LogP contribution in [0.25, 0.3) is 0 Å². The molecular weight excluding hydrogens is 457 g/mol. The number of benzene rings is 2. The second-order valence-corrected chi connectivity index (χ2v) is 11.9. The molecule has 0 radical (unpaired) electrons. The van der Waals surface area contributed by atoms with Gasteiger partial charge in [-0.15, -0.1) is 0 Å². The van der Waals surface area contributed by atoms with Gasteiger partial charge in [0.1, 0.15) is 11.1 Å². The summed E-state index contributed by atoms with van der Waals surface area (Å²) < 4.78 is 55.1. The van der Waals surface area contributed by atoms with E-state index < -0.39 is 32.5 Å². The van der Waals surface area contributed by atoms with Crippen molar-refractivity contribution >= 4 is 10.0 Å². The average molecular weight is 490 g/mol. The van der Waals surface area contributed by atoms with E-state index in [1.165, 1.54) is 10.4 Å². The zero-order valence-corrected chi connectivity index (χ0v) is 20.3. The Kier molecular flexibility index (Phi) is 6.31. The summed E-state index contributed by atoms with van der Waals surface area (Å²) in [7, 11) is -3.65. The molecule has 1 unspecified atom stereocenters. The Labute approximate surface area is 200 Å². The highest BCUT2D eigenvalue weighted by Crippen LogP contribution is 2.45. The number of ether oxygens (including phenoxy) is 2. The number of nitrogens with zero attached hydrogens (tertiary/aromatic N) is 1. The zero-order valence-electron chi connectivity index (χ0n) is 19.5. The summed E-state index contributed by atoms with van der Waals surface area (Å²) in [6.45, 7) is 2.97. The molecule has 5 rings (SSSR count). The number of hydrogen-bond acceptors (Lipinski definition) is 5. The Hall–Kier alpha value is -1.84. The van der Waals surface area contributed by atoms with Gasteiger partial charge in [-0.3, -0.25) is 0 Å². The van der Waals surface area contributed by atoms with Gasteiger partial charge in [0, 0.05) is 31.0 Å². The van der Waals surface area contributed by atoms with Crippen molar-refractivity contribution in [1.29, 1.82) is 0 Å². The second-order valence-electron chi connectivity index (χ2n) is 9.86. The van der Waals surface area contributed by atoms with Gasteiger partial charge < -0.3 is 14.6 Å². The van der Waals surface area contributed by atoms with E-state index in [9.17, 15) is 13.5 Å². The van der Waals surface area contributed by atoms with Crippen LogP contribution in [0, 0.1) is 5.82 Å². The highest BCUT2D eigenvalue weighted by molar-refractivity contribution is 7.89. The standard InChI is InChI=1S/C26H32FNO5S/c1-19-7-10-24(20-5-3-2-4-6-20)34(30,31)28(19)18-21-8-9-22(17-23(21)27)25(29)11-13-26(14-12-25)32-15-16-33-26/h2-6,8-9,17,19,24,29H,7,10-16,18H2,1H3/t19-,24?/m0/s1. The molecule has 0 bridgehead atoms. The third-order valence-corrected chi connectivity index (χ3v) is 10.1. The number of aliphatic hydroxyl groups is 1. The summed E-state index contributed by atoms with van der Waals surface area (Å²) in [4.78, 5) is 0. The monoisotopic (exact) mass is 489 g/mol. The van der Waals surface area contributed by atoms with Gasteiger partial charge in [0.25, 0.3) is 0 Å². The minimum absolute atomic E-state index is 0.0256.